The largest absolute Gasteiger partial charge is 0.494 e. The predicted octanol–water partition coefficient (Wildman–Crippen LogP) is 6.31. The average Bonchev–Trinajstić information content (AvgIpc) is 2.97. The van der Waals surface area contributed by atoms with E-state index in [2.05, 4.69) is 5.32 Å². The maximum atomic E-state index is 14.1. The van der Waals surface area contributed by atoms with Crippen LogP contribution in [0.15, 0.2) is 71.6 Å². The molecule has 1 atom stereocenters. The lowest BCUT2D eigenvalue weighted by Crippen LogP contribution is -2.52. The fraction of sp³-hybridized carbons (Fsp3) is 0.355. The van der Waals surface area contributed by atoms with Gasteiger partial charge in [-0.25, -0.2) is 12.8 Å². The quantitative estimate of drug-likeness (QED) is 0.221. The topological polar surface area (TPSA) is 96.0 Å². The van der Waals surface area contributed by atoms with E-state index in [0.29, 0.717) is 29.5 Å². The fourth-order valence-corrected chi connectivity index (χ4v) is 6.05. The van der Waals surface area contributed by atoms with Crippen LogP contribution < -0.4 is 14.4 Å². The van der Waals surface area contributed by atoms with Gasteiger partial charge < -0.3 is 15.0 Å². The predicted molar refractivity (Wildman–Crippen MR) is 167 cm³/mol. The molecule has 3 aromatic rings. The van der Waals surface area contributed by atoms with Gasteiger partial charge in [0, 0.05) is 13.1 Å². The van der Waals surface area contributed by atoms with Crippen molar-refractivity contribution in [1.29, 1.82) is 0 Å². The van der Waals surface area contributed by atoms with Crippen molar-refractivity contribution in [3.8, 4) is 5.75 Å². The number of hydrogen-bond donors (Lipinski definition) is 1. The average molecular weight is 653 g/mol. The summed E-state index contributed by atoms with van der Waals surface area (Å²) in [6.07, 6.45) is 0.269. The molecule has 0 saturated carbocycles. The van der Waals surface area contributed by atoms with E-state index in [1.54, 1.807) is 37.3 Å². The summed E-state index contributed by atoms with van der Waals surface area (Å²) in [5, 5.41) is 3.49. The molecule has 3 aromatic carbocycles. The number of ether oxygens (including phenoxy) is 1. The van der Waals surface area contributed by atoms with E-state index in [9.17, 15) is 22.4 Å². The van der Waals surface area contributed by atoms with Crippen LogP contribution in [-0.2, 0) is 26.2 Å². The lowest BCUT2D eigenvalue weighted by Gasteiger charge is -2.33. The van der Waals surface area contributed by atoms with Crippen molar-refractivity contribution in [2.45, 2.75) is 51.6 Å². The van der Waals surface area contributed by atoms with Gasteiger partial charge in [0.15, 0.2) is 0 Å². The van der Waals surface area contributed by atoms with Gasteiger partial charge >= 0.3 is 0 Å². The molecular formula is C31H36Cl2FN3O5S. The molecule has 0 aromatic heterocycles. The second kappa shape index (κ2) is 15.4. The molecule has 0 aliphatic carbocycles. The molecule has 0 bridgehead atoms. The zero-order valence-corrected chi connectivity index (χ0v) is 26.8. The summed E-state index contributed by atoms with van der Waals surface area (Å²) in [5.74, 6) is -0.896. The van der Waals surface area contributed by atoms with Crippen molar-refractivity contribution in [3.05, 3.63) is 88.2 Å². The second-order valence-corrected chi connectivity index (χ2v) is 12.9. The first kappa shape index (κ1) is 34.2. The Morgan fingerprint density at radius 1 is 0.953 bits per heavy atom. The fourth-order valence-electron chi connectivity index (χ4n) is 4.31. The highest BCUT2D eigenvalue weighted by atomic mass is 35.5. The summed E-state index contributed by atoms with van der Waals surface area (Å²) in [7, 11) is -4.34. The molecule has 3 rings (SSSR count). The molecule has 0 fully saturated rings. The van der Waals surface area contributed by atoms with Gasteiger partial charge in [-0.3, -0.25) is 13.9 Å². The van der Waals surface area contributed by atoms with Crippen LogP contribution in [0.1, 0.15) is 39.7 Å². The zero-order valence-electron chi connectivity index (χ0n) is 24.5. The van der Waals surface area contributed by atoms with Crippen LogP contribution in [-0.4, -0.2) is 50.9 Å². The van der Waals surface area contributed by atoms with Crippen LogP contribution in [0, 0.1) is 11.7 Å². The SMILES string of the molecule is CCOc1ccc(N(CC(=O)N(Cc2ccc(Cl)c(Cl)c2)[C@H](CC)C(=O)NCC(C)C)S(=O)(=O)c2ccc(F)cc2)cc1. The van der Waals surface area contributed by atoms with Crippen molar-refractivity contribution in [2.24, 2.45) is 5.92 Å². The molecule has 232 valence electrons. The Balaban J connectivity index is 2.06. The number of anilines is 1. The van der Waals surface area contributed by atoms with Gasteiger partial charge in [0.25, 0.3) is 10.0 Å². The first-order valence-corrected chi connectivity index (χ1v) is 16.1. The number of sulfonamides is 1. The molecular weight excluding hydrogens is 616 g/mol. The molecule has 12 heteroatoms. The number of benzene rings is 3. The molecule has 1 N–H and O–H groups in total. The number of halogens is 3. The van der Waals surface area contributed by atoms with E-state index >= 15 is 0 Å². The van der Waals surface area contributed by atoms with Crippen LogP contribution in [0.3, 0.4) is 0 Å². The zero-order chi connectivity index (χ0) is 31.7. The standard InChI is InChI=1S/C31H36Cl2FN3O5S/c1-5-29(31(39)35-18-21(3)4)36(19-22-7-16-27(32)28(33)17-22)30(38)20-37(24-10-12-25(13-11-24)42-6-2)43(40,41)26-14-8-23(34)9-15-26/h7-17,21,29H,5-6,18-20H2,1-4H3,(H,35,39)/t29-/m1/s1. The Morgan fingerprint density at radius 2 is 1.60 bits per heavy atom. The first-order chi connectivity index (χ1) is 20.4. The molecule has 0 spiro atoms. The Morgan fingerprint density at radius 3 is 2.16 bits per heavy atom. The van der Waals surface area contributed by atoms with Crippen molar-refractivity contribution < 1.29 is 27.1 Å². The summed E-state index contributed by atoms with van der Waals surface area (Å²) in [6, 6.07) is 14.6. The van der Waals surface area contributed by atoms with Gasteiger partial charge in [-0.2, -0.15) is 0 Å². The number of amides is 2. The summed E-state index contributed by atoms with van der Waals surface area (Å²) >= 11 is 12.3. The highest BCUT2D eigenvalue weighted by molar-refractivity contribution is 7.92. The third-order valence-electron chi connectivity index (χ3n) is 6.52. The van der Waals surface area contributed by atoms with E-state index in [4.69, 9.17) is 27.9 Å². The van der Waals surface area contributed by atoms with Gasteiger partial charge in [0.1, 0.15) is 24.2 Å². The highest BCUT2D eigenvalue weighted by Crippen LogP contribution is 2.28. The number of rotatable bonds is 14. The Kier molecular flexibility index (Phi) is 12.2. The minimum atomic E-state index is -4.34. The summed E-state index contributed by atoms with van der Waals surface area (Å²) in [5.41, 5.74) is 0.791. The highest BCUT2D eigenvalue weighted by Gasteiger charge is 2.34. The van der Waals surface area contributed by atoms with Crippen molar-refractivity contribution in [1.82, 2.24) is 10.2 Å². The van der Waals surface area contributed by atoms with Crippen LogP contribution in [0.4, 0.5) is 10.1 Å². The molecule has 43 heavy (non-hydrogen) atoms. The molecule has 0 aliphatic rings. The van der Waals surface area contributed by atoms with E-state index in [0.717, 1.165) is 28.6 Å². The minimum absolute atomic E-state index is 0.0307. The van der Waals surface area contributed by atoms with E-state index < -0.39 is 34.3 Å². The lowest BCUT2D eigenvalue weighted by atomic mass is 10.1. The smallest absolute Gasteiger partial charge is 0.264 e. The first-order valence-electron chi connectivity index (χ1n) is 13.9. The van der Waals surface area contributed by atoms with Crippen LogP contribution in [0.5, 0.6) is 5.75 Å². The number of nitrogens with one attached hydrogen (secondary N) is 1. The molecule has 0 heterocycles. The Bertz CT molecular complexity index is 1500. The lowest BCUT2D eigenvalue weighted by molar-refractivity contribution is -0.140. The molecule has 0 aliphatic heterocycles. The monoisotopic (exact) mass is 651 g/mol. The van der Waals surface area contributed by atoms with Gasteiger partial charge in [0.05, 0.1) is 27.2 Å². The number of carbonyl (C=O) groups excluding carboxylic acids is 2. The van der Waals surface area contributed by atoms with E-state index in [1.165, 1.54) is 17.0 Å². The molecule has 2 amide bonds. The summed E-state index contributed by atoms with van der Waals surface area (Å²) in [6.45, 7) is 7.65. The maximum absolute atomic E-state index is 14.1. The van der Waals surface area contributed by atoms with Gasteiger partial charge in [-0.1, -0.05) is 50.0 Å². The van der Waals surface area contributed by atoms with Gasteiger partial charge in [-0.15, -0.1) is 0 Å². The third kappa shape index (κ3) is 9.08. The molecule has 0 saturated heterocycles. The minimum Gasteiger partial charge on any atom is -0.494 e. The Labute approximate surface area is 262 Å². The molecule has 8 nitrogen and oxygen atoms in total. The second-order valence-electron chi connectivity index (χ2n) is 10.2. The maximum Gasteiger partial charge on any atom is 0.264 e. The third-order valence-corrected chi connectivity index (χ3v) is 9.05. The van der Waals surface area contributed by atoms with E-state index in [-0.39, 0.29) is 40.4 Å². The van der Waals surface area contributed by atoms with Gasteiger partial charge in [0.2, 0.25) is 11.8 Å². The normalized spacial score (nSPS) is 12.1. The summed E-state index contributed by atoms with van der Waals surface area (Å²) < 4.78 is 47.9. The number of carbonyl (C=O) groups is 2. The van der Waals surface area contributed by atoms with Crippen LogP contribution in [0.2, 0.25) is 10.0 Å². The van der Waals surface area contributed by atoms with Gasteiger partial charge in [-0.05, 0) is 85.5 Å². The van der Waals surface area contributed by atoms with Crippen molar-refractivity contribution in [3.63, 3.8) is 0 Å². The van der Waals surface area contributed by atoms with Crippen molar-refractivity contribution >= 4 is 50.7 Å². The van der Waals surface area contributed by atoms with E-state index in [1.807, 2.05) is 20.8 Å². The van der Waals surface area contributed by atoms with Crippen LogP contribution in [0.25, 0.3) is 0 Å². The summed E-state index contributed by atoms with van der Waals surface area (Å²) in [4.78, 5) is 28.6. The molecule has 0 unspecified atom stereocenters. The van der Waals surface area contributed by atoms with Crippen molar-refractivity contribution in [2.75, 3.05) is 24.0 Å². The number of hydrogen-bond acceptors (Lipinski definition) is 5. The number of nitrogens with zero attached hydrogens (tertiary/aromatic N) is 2. The molecule has 0 radical (unpaired) electrons. The Hall–Kier alpha value is -3.34. The van der Waals surface area contributed by atoms with Crippen LogP contribution >= 0.6 is 23.2 Å².